The minimum absolute atomic E-state index is 0.143. The fourth-order valence-electron chi connectivity index (χ4n) is 6.56. The van der Waals surface area contributed by atoms with Gasteiger partial charge in [0.25, 0.3) is 0 Å². The molecule has 3 aromatic rings. The lowest BCUT2D eigenvalue weighted by Gasteiger charge is -2.36. The van der Waals surface area contributed by atoms with Gasteiger partial charge in [-0.3, -0.25) is 4.79 Å². The van der Waals surface area contributed by atoms with E-state index in [0.717, 1.165) is 72.3 Å². The number of nitrogens with zero attached hydrogens (tertiary/aromatic N) is 1. The standard InChI is InChI=1S/C21H25BO3.C19H28N2O3/c1-14-10-16(13-23)11-19(15(14)2)17-8-7-9-18(12-17)22-24-20(3,4)21(5,6)25-22;1-18(2,3)24-17(22)20-12-14-5-6-16-15(11-14)19(13-23-16)7-9-21(4)10-8-19/h7-13H,1-6H3;5-6,11H,7-10,12-13H2,1-4H3,(H,20,22). The van der Waals surface area contributed by atoms with Crippen LogP contribution in [0, 0.1) is 13.8 Å². The smallest absolute Gasteiger partial charge is 0.492 e. The highest BCUT2D eigenvalue weighted by atomic mass is 16.7. The Morgan fingerprint density at radius 3 is 2.29 bits per heavy atom. The molecule has 8 nitrogen and oxygen atoms in total. The third kappa shape index (κ3) is 8.22. The van der Waals surface area contributed by atoms with E-state index in [1.807, 2.05) is 64.1 Å². The lowest BCUT2D eigenvalue weighted by molar-refractivity contribution is 0.00578. The molecule has 0 aliphatic carbocycles. The van der Waals surface area contributed by atoms with Gasteiger partial charge in [-0.15, -0.1) is 0 Å². The predicted octanol–water partition coefficient (Wildman–Crippen LogP) is 7.15. The third-order valence-corrected chi connectivity index (χ3v) is 10.4. The number of rotatable bonds is 5. The van der Waals surface area contributed by atoms with Crippen molar-refractivity contribution >= 4 is 25.0 Å². The lowest BCUT2D eigenvalue weighted by Crippen LogP contribution is -2.41. The average Bonchev–Trinajstić information content (AvgIpc) is 3.49. The van der Waals surface area contributed by atoms with Gasteiger partial charge in [0.1, 0.15) is 17.6 Å². The largest absolute Gasteiger partial charge is 0.494 e. The van der Waals surface area contributed by atoms with E-state index >= 15 is 0 Å². The molecule has 3 aliphatic heterocycles. The van der Waals surface area contributed by atoms with Crippen molar-refractivity contribution in [2.24, 2.45) is 0 Å². The molecular weight excluding hydrogens is 615 g/mol. The van der Waals surface area contributed by atoms with Crippen LogP contribution in [-0.2, 0) is 26.0 Å². The van der Waals surface area contributed by atoms with Crippen molar-refractivity contribution in [2.75, 3.05) is 26.7 Å². The van der Waals surface area contributed by atoms with Crippen molar-refractivity contribution in [3.8, 4) is 16.9 Å². The molecule has 1 spiro atoms. The molecule has 3 heterocycles. The molecule has 0 bridgehead atoms. The van der Waals surface area contributed by atoms with Gasteiger partial charge in [-0.1, -0.05) is 30.3 Å². The van der Waals surface area contributed by atoms with Crippen LogP contribution in [0.2, 0.25) is 0 Å². The Morgan fingerprint density at radius 2 is 1.65 bits per heavy atom. The molecule has 49 heavy (non-hydrogen) atoms. The van der Waals surface area contributed by atoms with Gasteiger partial charge in [0.2, 0.25) is 0 Å². The molecule has 3 aliphatic rings. The molecule has 2 fully saturated rings. The molecule has 0 atom stereocenters. The zero-order valence-corrected chi connectivity index (χ0v) is 31.0. The van der Waals surface area contributed by atoms with Crippen LogP contribution >= 0.6 is 0 Å². The highest BCUT2D eigenvalue weighted by molar-refractivity contribution is 6.62. The number of alkyl carbamates (subject to hydrolysis) is 1. The van der Waals surface area contributed by atoms with Gasteiger partial charge >= 0.3 is 13.2 Å². The number of carbonyl (C=O) groups excluding carboxylic acids is 2. The SMILES string of the molecule is CN1CCC2(CC1)COc1ccc(CNC(=O)OC(C)(C)C)cc12.Cc1cc(C=O)cc(-c2cccc(B3OC(C)(C)C(C)(C)O3)c2)c1C. The lowest BCUT2D eigenvalue weighted by atomic mass is 9.74. The van der Waals surface area contributed by atoms with E-state index in [9.17, 15) is 9.59 Å². The second-order valence-electron chi connectivity index (χ2n) is 15.9. The Balaban J connectivity index is 0.000000191. The summed E-state index contributed by atoms with van der Waals surface area (Å²) in [5.41, 5.74) is 7.44. The zero-order chi connectivity index (χ0) is 35.8. The number of carbonyl (C=O) groups is 2. The minimum Gasteiger partial charge on any atom is -0.492 e. The van der Waals surface area contributed by atoms with Gasteiger partial charge in [-0.2, -0.15) is 0 Å². The van der Waals surface area contributed by atoms with Gasteiger partial charge in [-0.05, 0) is 153 Å². The van der Waals surface area contributed by atoms with E-state index in [1.165, 1.54) is 11.1 Å². The highest BCUT2D eigenvalue weighted by Gasteiger charge is 2.51. The van der Waals surface area contributed by atoms with Crippen molar-refractivity contribution in [2.45, 2.75) is 104 Å². The number of likely N-dealkylation sites (tertiary alicyclic amines) is 1. The van der Waals surface area contributed by atoms with Crippen LogP contribution in [0.3, 0.4) is 0 Å². The molecule has 262 valence electrons. The Hall–Kier alpha value is -3.66. The Labute approximate surface area is 293 Å². The summed E-state index contributed by atoms with van der Waals surface area (Å²) >= 11 is 0. The first-order valence-electron chi connectivity index (χ1n) is 17.4. The summed E-state index contributed by atoms with van der Waals surface area (Å²) < 4.78 is 23.6. The summed E-state index contributed by atoms with van der Waals surface area (Å²) in [6.45, 7) is 21.4. The van der Waals surface area contributed by atoms with E-state index in [0.29, 0.717) is 12.1 Å². The van der Waals surface area contributed by atoms with E-state index in [-0.39, 0.29) is 29.8 Å². The number of benzene rings is 3. The molecule has 0 saturated carbocycles. The number of aldehydes is 1. The van der Waals surface area contributed by atoms with Crippen LogP contribution in [0.25, 0.3) is 11.1 Å². The van der Waals surface area contributed by atoms with E-state index in [4.69, 9.17) is 18.8 Å². The first-order valence-corrected chi connectivity index (χ1v) is 17.4. The van der Waals surface area contributed by atoms with Crippen LogP contribution in [-0.4, -0.2) is 67.9 Å². The van der Waals surface area contributed by atoms with Gasteiger partial charge in [0, 0.05) is 23.1 Å². The molecule has 9 heteroatoms. The van der Waals surface area contributed by atoms with E-state index in [2.05, 4.69) is 70.1 Å². The molecular formula is C40H53BN2O6. The van der Waals surface area contributed by atoms with Crippen molar-refractivity contribution < 1.29 is 28.4 Å². The van der Waals surface area contributed by atoms with Gasteiger partial charge in [0.05, 0.1) is 17.8 Å². The number of hydrogen-bond donors (Lipinski definition) is 1. The maximum atomic E-state index is 11.8. The zero-order valence-electron chi connectivity index (χ0n) is 31.0. The van der Waals surface area contributed by atoms with Crippen LogP contribution in [0.5, 0.6) is 5.75 Å². The Kier molecular flexibility index (Phi) is 10.4. The molecule has 0 radical (unpaired) electrons. The normalized spacial score (nSPS) is 19.0. The number of ether oxygens (including phenoxy) is 2. The maximum Gasteiger partial charge on any atom is 0.494 e. The van der Waals surface area contributed by atoms with Crippen molar-refractivity contribution in [3.05, 3.63) is 82.4 Å². The summed E-state index contributed by atoms with van der Waals surface area (Å²) in [4.78, 5) is 25.4. The summed E-state index contributed by atoms with van der Waals surface area (Å²) in [5.74, 6) is 1.00. The summed E-state index contributed by atoms with van der Waals surface area (Å²) in [6.07, 6.45) is 2.76. The predicted molar refractivity (Wildman–Crippen MR) is 196 cm³/mol. The van der Waals surface area contributed by atoms with Crippen molar-refractivity contribution in [1.82, 2.24) is 10.2 Å². The molecule has 2 saturated heterocycles. The molecule has 0 aromatic heterocycles. The molecule has 0 unspecified atom stereocenters. The van der Waals surface area contributed by atoms with Crippen LogP contribution in [0.15, 0.2) is 54.6 Å². The van der Waals surface area contributed by atoms with Crippen LogP contribution in [0.4, 0.5) is 4.79 Å². The maximum absolute atomic E-state index is 11.8. The number of hydrogen-bond acceptors (Lipinski definition) is 7. The molecule has 3 aromatic carbocycles. The minimum atomic E-state index is -0.478. The third-order valence-electron chi connectivity index (χ3n) is 10.4. The first kappa shape index (κ1) is 36.6. The van der Waals surface area contributed by atoms with Gasteiger partial charge in [-0.25, -0.2) is 4.79 Å². The van der Waals surface area contributed by atoms with Crippen LogP contribution < -0.4 is 15.5 Å². The fraction of sp³-hybridized carbons (Fsp3) is 0.500. The van der Waals surface area contributed by atoms with Crippen molar-refractivity contribution in [3.63, 3.8) is 0 Å². The van der Waals surface area contributed by atoms with Crippen molar-refractivity contribution in [1.29, 1.82) is 0 Å². The average molecular weight is 669 g/mol. The van der Waals surface area contributed by atoms with E-state index in [1.54, 1.807) is 0 Å². The topological polar surface area (TPSA) is 86.3 Å². The quantitative estimate of drug-likeness (QED) is 0.228. The summed E-state index contributed by atoms with van der Waals surface area (Å²) in [5, 5.41) is 2.83. The monoisotopic (exact) mass is 668 g/mol. The first-order chi connectivity index (χ1) is 22.9. The van der Waals surface area contributed by atoms with Gasteiger partial charge in [0.15, 0.2) is 0 Å². The molecule has 6 rings (SSSR count). The number of piperidine rings is 1. The van der Waals surface area contributed by atoms with Gasteiger partial charge < -0.3 is 29.0 Å². The summed E-state index contributed by atoms with van der Waals surface area (Å²) in [6, 6.07) is 18.3. The molecule has 1 amide bonds. The number of amides is 1. The Morgan fingerprint density at radius 1 is 0.980 bits per heavy atom. The van der Waals surface area contributed by atoms with Crippen LogP contribution in [0.1, 0.15) is 93.9 Å². The number of fused-ring (bicyclic) bond motifs is 2. The van der Waals surface area contributed by atoms with E-state index < -0.39 is 5.60 Å². The number of aryl methyl sites for hydroxylation is 1. The molecule has 1 N–H and O–H groups in total. The number of nitrogens with one attached hydrogen (secondary N) is 1. The highest BCUT2D eigenvalue weighted by Crippen LogP contribution is 2.45. The summed E-state index contributed by atoms with van der Waals surface area (Å²) in [7, 11) is 1.78. The Bertz CT molecular complexity index is 1670. The fourth-order valence-corrected chi connectivity index (χ4v) is 6.56. The second kappa shape index (κ2) is 13.9. The second-order valence-corrected chi connectivity index (χ2v) is 15.9.